The van der Waals surface area contributed by atoms with Gasteiger partial charge in [0, 0.05) is 25.9 Å². The quantitative estimate of drug-likeness (QED) is 0.520. The highest BCUT2D eigenvalue weighted by Gasteiger charge is 2.39. The number of likely N-dealkylation sites (tertiary alicyclic amines) is 1. The van der Waals surface area contributed by atoms with Crippen molar-refractivity contribution in [1.82, 2.24) is 4.90 Å². The molecular formula is C8H13NO3. The van der Waals surface area contributed by atoms with E-state index in [2.05, 4.69) is 0 Å². The minimum absolute atomic E-state index is 0.348. The van der Waals surface area contributed by atoms with Crippen LogP contribution in [0.5, 0.6) is 0 Å². The molecular weight excluding hydrogens is 158 g/mol. The van der Waals surface area contributed by atoms with Crippen LogP contribution in [0.25, 0.3) is 0 Å². The number of piperidine rings is 1. The van der Waals surface area contributed by atoms with E-state index >= 15 is 0 Å². The number of ether oxygens (including phenoxy) is 2. The zero-order valence-electron chi connectivity index (χ0n) is 6.99. The fourth-order valence-electron chi connectivity index (χ4n) is 1.76. The maximum atomic E-state index is 10.4. The zero-order chi connectivity index (χ0) is 8.44. The molecule has 2 aliphatic rings. The lowest BCUT2D eigenvalue weighted by Gasteiger charge is -2.35. The van der Waals surface area contributed by atoms with Crippen molar-refractivity contribution < 1.29 is 14.3 Å². The number of carbonyl (C=O) groups excluding carboxylic acids is 1. The lowest BCUT2D eigenvalue weighted by atomic mass is 10.0. The molecule has 2 saturated heterocycles. The molecule has 4 nitrogen and oxygen atoms in total. The normalized spacial score (nSPS) is 27.8. The average Bonchev–Trinajstić information content (AvgIpc) is 2.55. The van der Waals surface area contributed by atoms with E-state index < -0.39 is 0 Å². The lowest BCUT2D eigenvalue weighted by molar-refractivity contribution is -0.184. The first-order valence-corrected chi connectivity index (χ1v) is 4.32. The van der Waals surface area contributed by atoms with Gasteiger partial charge in [0.05, 0.1) is 13.2 Å². The maximum Gasteiger partial charge on any atom is 0.209 e. The predicted octanol–water partition coefficient (Wildman–Crippen LogP) is -0.0183. The Morgan fingerprint density at radius 2 is 1.75 bits per heavy atom. The minimum atomic E-state index is -0.348. The first-order chi connectivity index (χ1) is 5.85. The van der Waals surface area contributed by atoms with Crippen molar-refractivity contribution >= 4 is 6.41 Å². The van der Waals surface area contributed by atoms with Gasteiger partial charge in [-0.25, -0.2) is 0 Å². The summed E-state index contributed by atoms with van der Waals surface area (Å²) >= 11 is 0. The van der Waals surface area contributed by atoms with E-state index in [-0.39, 0.29) is 5.79 Å². The summed E-state index contributed by atoms with van der Waals surface area (Å²) in [6, 6.07) is 0. The first-order valence-electron chi connectivity index (χ1n) is 4.32. The fraction of sp³-hybridized carbons (Fsp3) is 0.875. The molecule has 0 aromatic rings. The Hall–Kier alpha value is -0.610. The molecule has 0 aromatic heterocycles. The van der Waals surface area contributed by atoms with Gasteiger partial charge in [0.25, 0.3) is 0 Å². The van der Waals surface area contributed by atoms with Crippen LogP contribution in [0.3, 0.4) is 0 Å². The fourth-order valence-corrected chi connectivity index (χ4v) is 1.76. The third-order valence-electron chi connectivity index (χ3n) is 2.52. The number of carbonyl (C=O) groups is 1. The van der Waals surface area contributed by atoms with E-state index in [1.807, 2.05) is 0 Å². The molecule has 0 aromatic carbocycles. The number of hydrogen-bond donors (Lipinski definition) is 0. The Balaban J connectivity index is 1.92. The van der Waals surface area contributed by atoms with Gasteiger partial charge in [0.1, 0.15) is 0 Å². The smallest absolute Gasteiger partial charge is 0.209 e. The Kier molecular flexibility index (Phi) is 2.02. The Morgan fingerprint density at radius 3 is 2.25 bits per heavy atom. The van der Waals surface area contributed by atoms with E-state index in [0.29, 0.717) is 13.2 Å². The summed E-state index contributed by atoms with van der Waals surface area (Å²) in [6.07, 6.45) is 2.51. The van der Waals surface area contributed by atoms with Gasteiger partial charge in [-0.2, -0.15) is 0 Å². The second-order valence-electron chi connectivity index (χ2n) is 3.25. The molecule has 4 heteroatoms. The average molecular weight is 171 g/mol. The van der Waals surface area contributed by atoms with Crippen LogP contribution in [-0.2, 0) is 14.3 Å². The molecule has 1 spiro atoms. The van der Waals surface area contributed by atoms with Crippen LogP contribution in [0.15, 0.2) is 0 Å². The van der Waals surface area contributed by atoms with Crippen molar-refractivity contribution in [3.63, 3.8) is 0 Å². The summed E-state index contributed by atoms with van der Waals surface area (Å²) in [5.74, 6) is -0.348. The van der Waals surface area contributed by atoms with E-state index in [4.69, 9.17) is 9.47 Å². The van der Waals surface area contributed by atoms with Crippen molar-refractivity contribution in [2.75, 3.05) is 26.3 Å². The SMILES string of the molecule is O=CN1CCC2(CC1)OCCO2. The summed E-state index contributed by atoms with van der Waals surface area (Å²) in [5, 5.41) is 0. The van der Waals surface area contributed by atoms with Crippen LogP contribution in [0.2, 0.25) is 0 Å². The molecule has 2 rings (SSSR count). The van der Waals surface area contributed by atoms with E-state index in [9.17, 15) is 4.79 Å². The van der Waals surface area contributed by atoms with Crippen LogP contribution in [-0.4, -0.2) is 43.4 Å². The second-order valence-corrected chi connectivity index (χ2v) is 3.25. The van der Waals surface area contributed by atoms with Crippen LogP contribution >= 0.6 is 0 Å². The van der Waals surface area contributed by atoms with Crippen LogP contribution < -0.4 is 0 Å². The molecule has 12 heavy (non-hydrogen) atoms. The topological polar surface area (TPSA) is 38.8 Å². The van der Waals surface area contributed by atoms with Gasteiger partial charge in [0.2, 0.25) is 6.41 Å². The van der Waals surface area contributed by atoms with Crippen molar-refractivity contribution in [2.24, 2.45) is 0 Å². The molecule has 2 heterocycles. The Bertz CT molecular complexity index is 167. The molecule has 68 valence electrons. The summed E-state index contributed by atoms with van der Waals surface area (Å²) in [6.45, 7) is 2.90. The van der Waals surface area contributed by atoms with E-state index in [0.717, 1.165) is 32.3 Å². The minimum Gasteiger partial charge on any atom is -0.347 e. The summed E-state index contributed by atoms with van der Waals surface area (Å²) in [4.78, 5) is 12.2. The molecule has 2 fully saturated rings. The molecule has 0 saturated carbocycles. The third kappa shape index (κ3) is 1.32. The number of rotatable bonds is 1. The predicted molar refractivity (Wildman–Crippen MR) is 41.5 cm³/mol. The van der Waals surface area contributed by atoms with Crippen LogP contribution in [0, 0.1) is 0 Å². The summed E-state index contributed by atoms with van der Waals surface area (Å²) in [5.41, 5.74) is 0. The monoisotopic (exact) mass is 171 g/mol. The molecule has 0 aliphatic carbocycles. The molecule has 0 atom stereocenters. The van der Waals surface area contributed by atoms with Crippen LogP contribution in [0.1, 0.15) is 12.8 Å². The number of hydrogen-bond acceptors (Lipinski definition) is 3. The summed E-state index contributed by atoms with van der Waals surface area (Å²) < 4.78 is 11.0. The maximum absolute atomic E-state index is 10.4. The van der Waals surface area contributed by atoms with E-state index in [1.165, 1.54) is 0 Å². The van der Waals surface area contributed by atoms with Gasteiger partial charge in [-0.3, -0.25) is 4.79 Å². The van der Waals surface area contributed by atoms with Gasteiger partial charge >= 0.3 is 0 Å². The van der Waals surface area contributed by atoms with E-state index in [1.54, 1.807) is 4.90 Å². The highest BCUT2D eigenvalue weighted by molar-refractivity contribution is 5.47. The standard InChI is InChI=1S/C8H13NO3/c10-7-9-3-1-8(2-4-9)11-5-6-12-8/h7H,1-6H2. The van der Waals surface area contributed by atoms with Crippen molar-refractivity contribution in [3.8, 4) is 0 Å². The van der Waals surface area contributed by atoms with Crippen LogP contribution in [0.4, 0.5) is 0 Å². The molecule has 0 N–H and O–H groups in total. The van der Waals surface area contributed by atoms with Crippen molar-refractivity contribution in [3.05, 3.63) is 0 Å². The highest BCUT2D eigenvalue weighted by Crippen LogP contribution is 2.30. The largest absolute Gasteiger partial charge is 0.347 e. The Morgan fingerprint density at radius 1 is 1.17 bits per heavy atom. The van der Waals surface area contributed by atoms with Gasteiger partial charge in [-0.1, -0.05) is 0 Å². The van der Waals surface area contributed by atoms with Gasteiger partial charge in [0.15, 0.2) is 5.79 Å². The Labute approximate surface area is 71.4 Å². The number of amides is 1. The molecule has 0 unspecified atom stereocenters. The molecule has 2 aliphatic heterocycles. The van der Waals surface area contributed by atoms with Gasteiger partial charge < -0.3 is 14.4 Å². The van der Waals surface area contributed by atoms with Gasteiger partial charge in [-0.05, 0) is 0 Å². The highest BCUT2D eigenvalue weighted by atomic mass is 16.7. The first kappa shape index (κ1) is 8.01. The van der Waals surface area contributed by atoms with Gasteiger partial charge in [-0.15, -0.1) is 0 Å². The molecule has 0 bridgehead atoms. The molecule has 1 amide bonds. The summed E-state index contributed by atoms with van der Waals surface area (Å²) in [7, 11) is 0. The van der Waals surface area contributed by atoms with Crippen molar-refractivity contribution in [2.45, 2.75) is 18.6 Å². The number of nitrogens with zero attached hydrogens (tertiary/aromatic N) is 1. The zero-order valence-corrected chi connectivity index (χ0v) is 6.99. The van der Waals surface area contributed by atoms with Crippen molar-refractivity contribution in [1.29, 1.82) is 0 Å². The lowest BCUT2D eigenvalue weighted by Crippen LogP contribution is -2.44. The second kappa shape index (κ2) is 3.03. The molecule has 0 radical (unpaired) electrons. The third-order valence-corrected chi connectivity index (χ3v) is 2.52.